The second kappa shape index (κ2) is 8.54. The van der Waals surface area contributed by atoms with Crippen LogP contribution in [0.25, 0.3) is 22.2 Å². The Hall–Kier alpha value is -3.38. The van der Waals surface area contributed by atoms with Crippen LogP contribution < -0.4 is 10.6 Å². The zero-order chi connectivity index (χ0) is 19.2. The van der Waals surface area contributed by atoms with E-state index in [1.54, 1.807) is 6.07 Å². The van der Waals surface area contributed by atoms with E-state index in [1.165, 1.54) is 10.9 Å². The van der Waals surface area contributed by atoms with E-state index in [1.807, 2.05) is 48.7 Å². The van der Waals surface area contributed by atoms with Crippen LogP contribution in [0.2, 0.25) is 0 Å². The Labute approximate surface area is 163 Å². The molecule has 142 valence electrons. The van der Waals surface area contributed by atoms with Crippen LogP contribution in [0, 0.1) is 0 Å². The zero-order valence-electron chi connectivity index (χ0n) is 15.5. The van der Waals surface area contributed by atoms with Crippen LogP contribution in [0.3, 0.4) is 0 Å². The van der Waals surface area contributed by atoms with Crippen molar-refractivity contribution in [1.29, 1.82) is 0 Å². The summed E-state index contributed by atoms with van der Waals surface area (Å²) in [4.78, 5) is 15.5. The fraction of sp³-hybridized carbons (Fsp3) is 0.182. The summed E-state index contributed by atoms with van der Waals surface area (Å²) >= 11 is 0. The number of nitrogens with zero attached hydrogens (tertiary/aromatic N) is 1. The summed E-state index contributed by atoms with van der Waals surface area (Å²) in [5, 5.41) is 14.6. The first kappa shape index (κ1) is 18.0. The number of benzene rings is 2. The largest absolute Gasteiger partial charge is 0.361 e. The lowest BCUT2D eigenvalue weighted by molar-refractivity contribution is 0.0948. The SMILES string of the molecule is O=C(NCCCNCc1c[nH]c2ccccc12)c1cc(-c2ccccc2)[nH]n1. The van der Waals surface area contributed by atoms with Gasteiger partial charge in [0, 0.05) is 30.2 Å². The summed E-state index contributed by atoms with van der Waals surface area (Å²) in [7, 11) is 0. The third kappa shape index (κ3) is 4.13. The number of fused-ring (bicyclic) bond motifs is 1. The summed E-state index contributed by atoms with van der Waals surface area (Å²) in [6.07, 6.45) is 2.89. The summed E-state index contributed by atoms with van der Waals surface area (Å²) in [6.45, 7) is 2.24. The van der Waals surface area contributed by atoms with Crippen molar-refractivity contribution >= 4 is 16.8 Å². The molecule has 0 atom stereocenters. The van der Waals surface area contributed by atoms with E-state index >= 15 is 0 Å². The van der Waals surface area contributed by atoms with E-state index in [-0.39, 0.29) is 5.91 Å². The molecule has 28 heavy (non-hydrogen) atoms. The van der Waals surface area contributed by atoms with Gasteiger partial charge in [-0.25, -0.2) is 0 Å². The van der Waals surface area contributed by atoms with Gasteiger partial charge in [0.1, 0.15) is 0 Å². The Balaban J connectivity index is 1.19. The third-order valence-electron chi connectivity index (χ3n) is 4.70. The molecule has 6 heteroatoms. The van der Waals surface area contributed by atoms with E-state index in [2.05, 4.69) is 37.9 Å². The molecule has 0 spiro atoms. The van der Waals surface area contributed by atoms with Crippen molar-refractivity contribution in [2.75, 3.05) is 13.1 Å². The van der Waals surface area contributed by atoms with Crippen molar-refractivity contribution < 1.29 is 4.79 Å². The second-order valence-corrected chi connectivity index (χ2v) is 6.68. The number of carbonyl (C=O) groups excluding carboxylic acids is 1. The minimum atomic E-state index is -0.157. The molecule has 0 saturated carbocycles. The molecule has 0 saturated heterocycles. The molecule has 0 fully saturated rings. The van der Waals surface area contributed by atoms with E-state index in [0.29, 0.717) is 12.2 Å². The highest BCUT2D eigenvalue weighted by molar-refractivity contribution is 5.93. The molecule has 2 heterocycles. The number of hydrogen-bond donors (Lipinski definition) is 4. The zero-order valence-corrected chi connectivity index (χ0v) is 15.5. The van der Waals surface area contributed by atoms with Crippen LogP contribution in [-0.2, 0) is 6.54 Å². The molecule has 6 nitrogen and oxygen atoms in total. The fourth-order valence-electron chi connectivity index (χ4n) is 3.21. The molecule has 1 amide bonds. The van der Waals surface area contributed by atoms with Gasteiger partial charge in [0.05, 0.1) is 5.69 Å². The first-order valence-corrected chi connectivity index (χ1v) is 9.46. The number of para-hydroxylation sites is 1. The number of nitrogens with one attached hydrogen (secondary N) is 4. The molecule has 2 aromatic carbocycles. The number of aromatic amines is 2. The average Bonchev–Trinajstić information content (AvgIpc) is 3.39. The maximum atomic E-state index is 12.2. The van der Waals surface area contributed by atoms with Gasteiger partial charge in [0.25, 0.3) is 5.91 Å². The maximum Gasteiger partial charge on any atom is 0.271 e. The minimum Gasteiger partial charge on any atom is -0.361 e. The first-order chi connectivity index (χ1) is 13.8. The Morgan fingerprint density at radius 2 is 1.82 bits per heavy atom. The van der Waals surface area contributed by atoms with Crippen LogP contribution >= 0.6 is 0 Å². The predicted molar refractivity (Wildman–Crippen MR) is 111 cm³/mol. The van der Waals surface area contributed by atoms with Gasteiger partial charge >= 0.3 is 0 Å². The molecule has 0 aliphatic carbocycles. The van der Waals surface area contributed by atoms with Gasteiger partial charge in [-0.3, -0.25) is 9.89 Å². The predicted octanol–water partition coefficient (Wildman–Crippen LogP) is 3.47. The van der Waals surface area contributed by atoms with E-state index in [4.69, 9.17) is 0 Å². The van der Waals surface area contributed by atoms with E-state index in [9.17, 15) is 4.79 Å². The van der Waals surface area contributed by atoms with Crippen LogP contribution in [0.4, 0.5) is 0 Å². The Morgan fingerprint density at radius 3 is 2.71 bits per heavy atom. The maximum absolute atomic E-state index is 12.2. The smallest absolute Gasteiger partial charge is 0.271 e. The van der Waals surface area contributed by atoms with Gasteiger partial charge in [0.15, 0.2) is 5.69 Å². The Bertz CT molecular complexity index is 1050. The second-order valence-electron chi connectivity index (χ2n) is 6.68. The number of hydrogen-bond acceptors (Lipinski definition) is 3. The lowest BCUT2D eigenvalue weighted by Crippen LogP contribution is -2.27. The molecule has 4 aromatic rings. The highest BCUT2D eigenvalue weighted by atomic mass is 16.1. The van der Waals surface area contributed by atoms with Gasteiger partial charge in [-0.15, -0.1) is 0 Å². The normalized spacial score (nSPS) is 11.0. The van der Waals surface area contributed by atoms with Gasteiger partial charge < -0.3 is 15.6 Å². The number of amides is 1. The number of rotatable bonds is 8. The van der Waals surface area contributed by atoms with Gasteiger partial charge in [0.2, 0.25) is 0 Å². The lowest BCUT2D eigenvalue weighted by Gasteiger charge is -2.05. The molecule has 0 unspecified atom stereocenters. The Morgan fingerprint density at radius 1 is 1.00 bits per heavy atom. The first-order valence-electron chi connectivity index (χ1n) is 9.46. The molecular formula is C22H23N5O. The standard InChI is InChI=1S/C22H23N5O/c28-22(21-13-20(26-27-21)16-7-2-1-3-8-16)24-12-6-11-23-14-17-15-25-19-10-5-4-9-18(17)19/h1-5,7-10,13,15,23,25H,6,11-12,14H2,(H,24,28)(H,26,27). The Kier molecular flexibility index (Phi) is 5.49. The molecule has 0 aliphatic rings. The van der Waals surface area contributed by atoms with E-state index < -0.39 is 0 Å². The molecule has 2 aromatic heterocycles. The van der Waals surface area contributed by atoms with Crippen LogP contribution in [-0.4, -0.2) is 34.2 Å². The highest BCUT2D eigenvalue weighted by Gasteiger charge is 2.10. The summed E-state index contributed by atoms with van der Waals surface area (Å²) in [6, 6.07) is 19.9. The number of H-pyrrole nitrogens is 2. The molecule has 0 radical (unpaired) electrons. The van der Waals surface area contributed by atoms with Crippen molar-refractivity contribution in [3.8, 4) is 11.3 Å². The van der Waals surface area contributed by atoms with Gasteiger partial charge in [-0.2, -0.15) is 5.10 Å². The summed E-state index contributed by atoms with van der Waals surface area (Å²) < 4.78 is 0. The average molecular weight is 373 g/mol. The third-order valence-corrected chi connectivity index (χ3v) is 4.70. The molecule has 4 rings (SSSR count). The van der Waals surface area contributed by atoms with Crippen molar-refractivity contribution in [2.24, 2.45) is 0 Å². The minimum absolute atomic E-state index is 0.157. The topological polar surface area (TPSA) is 85.6 Å². The lowest BCUT2D eigenvalue weighted by atomic mass is 10.1. The summed E-state index contributed by atoms with van der Waals surface area (Å²) in [5.41, 5.74) is 4.66. The van der Waals surface area contributed by atoms with E-state index in [0.717, 1.165) is 36.3 Å². The van der Waals surface area contributed by atoms with Crippen LogP contribution in [0.15, 0.2) is 66.9 Å². The van der Waals surface area contributed by atoms with Crippen molar-refractivity contribution in [2.45, 2.75) is 13.0 Å². The van der Waals surface area contributed by atoms with Gasteiger partial charge in [-0.1, -0.05) is 48.5 Å². The van der Waals surface area contributed by atoms with Crippen molar-refractivity contribution in [3.63, 3.8) is 0 Å². The molecule has 0 bridgehead atoms. The quantitative estimate of drug-likeness (QED) is 0.357. The highest BCUT2D eigenvalue weighted by Crippen LogP contribution is 2.17. The molecule has 4 N–H and O–H groups in total. The van der Waals surface area contributed by atoms with Gasteiger partial charge in [-0.05, 0) is 36.2 Å². The fourth-order valence-corrected chi connectivity index (χ4v) is 3.21. The van der Waals surface area contributed by atoms with Crippen molar-refractivity contribution in [3.05, 3.63) is 78.1 Å². The molecular weight excluding hydrogens is 350 g/mol. The molecule has 0 aliphatic heterocycles. The monoisotopic (exact) mass is 373 g/mol. The van der Waals surface area contributed by atoms with Crippen molar-refractivity contribution in [1.82, 2.24) is 25.8 Å². The number of carbonyl (C=O) groups is 1. The van der Waals surface area contributed by atoms with Crippen LogP contribution in [0.1, 0.15) is 22.5 Å². The van der Waals surface area contributed by atoms with Crippen LogP contribution in [0.5, 0.6) is 0 Å². The number of aromatic nitrogens is 3. The summed E-state index contributed by atoms with van der Waals surface area (Å²) in [5.74, 6) is -0.157.